The molecule has 1 atom stereocenters. The lowest BCUT2D eigenvalue weighted by molar-refractivity contribution is 0.145. The van der Waals surface area contributed by atoms with Crippen LogP contribution in [0, 0.1) is 10.5 Å². The average Bonchev–Trinajstić information content (AvgIpc) is 3.60. The summed E-state index contributed by atoms with van der Waals surface area (Å²) in [5, 5.41) is 21.6. The van der Waals surface area contributed by atoms with Crippen molar-refractivity contribution in [3.8, 4) is 33.3 Å². The van der Waals surface area contributed by atoms with E-state index < -0.39 is 6.23 Å². The largest absolute Gasteiger partial charge is 0.374 e. The van der Waals surface area contributed by atoms with Crippen molar-refractivity contribution in [1.29, 1.82) is 0 Å². The maximum Gasteiger partial charge on any atom is 0.177 e. The first-order valence-corrected chi connectivity index (χ1v) is 12.9. The Morgan fingerprint density at radius 3 is 2.71 bits per heavy atom. The molecule has 0 saturated heterocycles. The van der Waals surface area contributed by atoms with Gasteiger partial charge < -0.3 is 15.4 Å². The number of aromatic amines is 2. The van der Waals surface area contributed by atoms with Crippen LogP contribution in [0.3, 0.4) is 0 Å². The van der Waals surface area contributed by atoms with Crippen molar-refractivity contribution in [3.05, 3.63) is 60.3 Å². The summed E-state index contributed by atoms with van der Waals surface area (Å²) >= 11 is 1.03. The van der Waals surface area contributed by atoms with Gasteiger partial charge in [-0.1, -0.05) is 20.8 Å². The minimum absolute atomic E-state index is 0.0187. The molecule has 6 aromatic rings. The molecule has 192 valence electrons. The van der Waals surface area contributed by atoms with Crippen molar-refractivity contribution in [2.75, 3.05) is 5.32 Å². The molecule has 6 rings (SSSR count). The van der Waals surface area contributed by atoms with Gasteiger partial charge in [0.1, 0.15) is 23.1 Å². The Bertz CT molecular complexity index is 1770. The number of imidazole rings is 1. The molecule has 0 bridgehead atoms. The number of hydrogen-bond acceptors (Lipinski definition) is 8. The quantitative estimate of drug-likeness (QED) is 0.195. The standard InChI is InChI=1S/C27H25FN8OS/c1-27(2,3)10-22(37)32-15-8-14(11-29-12-15)18-9-16-19(13-31-18)35-36-23(16)26-33-17-6-7-30-25(24(17)34-26)20-4-5-21(28)38-20/h4-9,11-13,22,32,37H,10H2,1-3H3,(H,33,34)(H,35,36). The van der Waals surface area contributed by atoms with Crippen molar-refractivity contribution in [2.45, 2.75) is 33.4 Å². The molecule has 0 saturated carbocycles. The van der Waals surface area contributed by atoms with Crippen molar-refractivity contribution in [2.24, 2.45) is 5.41 Å². The van der Waals surface area contributed by atoms with Crippen molar-refractivity contribution < 1.29 is 9.50 Å². The lowest BCUT2D eigenvalue weighted by Gasteiger charge is -2.23. The van der Waals surface area contributed by atoms with Crippen LogP contribution in [0.1, 0.15) is 27.2 Å². The highest BCUT2D eigenvalue weighted by Crippen LogP contribution is 2.34. The fourth-order valence-corrected chi connectivity index (χ4v) is 5.14. The van der Waals surface area contributed by atoms with Crippen molar-refractivity contribution in [3.63, 3.8) is 0 Å². The Hall–Kier alpha value is -4.22. The second-order valence-corrected chi connectivity index (χ2v) is 11.4. The number of aromatic nitrogens is 7. The lowest BCUT2D eigenvalue weighted by Crippen LogP contribution is -2.25. The summed E-state index contributed by atoms with van der Waals surface area (Å²) in [7, 11) is 0. The van der Waals surface area contributed by atoms with Gasteiger partial charge in [0, 0.05) is 23.3 Å². The number of nitrogens with zero attached hydrogens (tertiary/aromatic N) is 5. The van der Waals surface area contributed by atoms with Gasteiger partial charge in [0.2, 0.25) is 0 Å². The highest BCUT2D eigenvalue weighted by atomic mass is 32.1. The first kappa shape index (κ1) is 24.1. The van der Waals surface area contributed by atoms with E-state index in [0.29, 0.717) is 45.4 Å². The first-order valence-electron chi connectivity index (χ1n) is 12.1. The number of thiophene rings is 1. The monoisotopic (exact) mass is 528 g/mol. The van der Waals surface area contributed by atoms with E-state index in [2.05, 4.69) is 56.2 Å². The molecule has 0 aliphatic heterocycles. The Kier molecular flexibility index (Phi) is 5.88. The van der Waals surface area contributed by atoms with Gasteiger partial charge in [0.05, 0.1) is 39.7 Å². The number of anilines is 1. The van der Waals surface area contributed by atoms with Crippen LogP contribution in [-0.4, -0.2) is 46.5 Å². The van der Waals surface area contributed by atoms with Crippen LogP contribution in [0.25, 0.3) is 55.3 Å². The molecule has 0 aliphatic carbocycles. The highest BCUT2D eigenvalue weighted by Gasteiger charge is 2.19. The fraction of sp³-hybridized carbons (Fsp3) is 0.222. The van der Waals surface area contributed by atoms with Crippen LogP contribution >= 0.6 is 11.3 Å². The number of halogens is 1. The zero-order chi connectivity index (χ0) is 26.4. The second kappa shape index (κ2) is 9.26. The van der Waals surface area contributed by atoms with E-state index >= 15 is 0 Å². The molecule has 9 nitrogen and oxygen atoms in total. The molecular weight excluding hydrogens is 503 g/mol. The fourth-order valence-electron chi connectivity index (χ4n) is 4.41. The summed E-state index contributed by atoms with van der Waals surface area (Å²) in [4.78, 5) is 22.2. The number of hydrogen-bond donors (Lipinski definition) is 4. The smallest absolute Gasteiger partial charge is 0.177 e. The number of nitrogens with one attached hydrogen (secondary N) is 3. The molecule has 11 heteroatoms. The number of H-pyrrole nitrogens is 2. The Morgan fingerprint density at radius 2 is 1.92 bits per heavy atom. The Balaban J connectivity index is 1.36. The first-order chi connectivity index (χ1) is 18.2. The number of aliphatic hydroxyl groups excluding tert-OH is 1. The molecular formula is C27H25FN8OS. The van der Waals surface area contributed by atoms with Gasteiger partial charge in [-0.15, -0.1) is 11.3 Å². The van der Waals surface area contributed by atoms with Crippen LogP contribution in [0.2, 0.25) is 0 Å². The summed E-state index contributed by atoms with van der Waals surface area (Å²) in [6, 6.07) is 8.80. The van der Waals surface area contributed by atoms with Crippen LogP contribution in [0.15, 0.2) is 55.1 Å². The number of pyridine rings is 3. The SMILES string of the molecule is CC(C)(C)CC(O)Nc1cncc(-c2cc3c(-c4nc5c(-c6ccc(F)s6)nccc5[nH]4)n[nH]c3cn2)c1. The maximum absolute atomic E-state index is 13.7. The molecule has 0 aromatic carbocycles. The summed E-state index contributed by atoms with van der Waals surface area (Å²) in [5.74, 6) is 0.563. The summed E-state index contributed by atoms with van der Waals surface area (Å²) in [5.41, 5.74) is 5.61. The topological polar surface area (TPSA) is 128 Å². The van der Waals surface area contributed by atoms with E-state index in [9.17, 15) is 9.50 Å². The maximum atomic E-state index is 13.7. The van der Waals surface area contributed by atoms with E-state index in [4.69, 9.17) is 4.98 Å². The van der Waals surface area contributed by atoms with Gasteiger partial charge in [-0.05, 0) is 42.2 Å². The third-order valence-corrected chi connectivity index (χ3v) is 6.93. The van der Waals surface area contributed by atoms with Crippen LogP contribution in [0.4, 0.5) is 10.1 Å². The van der Waals surface area contributed by atoms with Gasteiger partial charge in [-0.25, -0.2) is 4.98 Å². The lowest BCUT2D eigenvalue weighted by atomic mass is 9.91. The average molecular weight is 529 g/mol. The molecule has 0 amide bonds. The summed E-state index contributed by atoms with van der Waals surface area (Å²) in [6.45, 7) is 6.24. The highest BCUT2D eigenvalue weighted by molar-refractivity contribution is 7.13. The molecule has 6 aromatic heterocycles. The van der Waals surface area contributed by atoms with Gasteiger partial charge in [0.25, 0.3) is 0 Å². The molecule has 0 fully saturated rings. The summed E-state index contributed by atoms with van der Waals surface area (Å²) in [6.07, 6.45) is 6.70. The third-order valence-electron chi connectivity index (χ3n) is 6.05. The van der Waals surface area contributed by atoms with Gasteiger partial charge in [0.15, 0.2) is 11.0 Å². The predicted octanol–water partition coefficient (Wildman–Crippen LogP) is 5.99. The molecule has 0 aliphatic rings. The molecule has 1 unspecified atom stereocenters. The normalized spacial score (nSPS) is 12.9. The van der Waals surface area contributed by atoms with Crippen LogP contribution in [-0.2, 0) is 0 Å². The predicted molar refractivity (Wildman–Crippen MR) is 147 cm³/mol. The molecule has 38 heavy (non-hydrogen) atoms. The van der Waals surface area contributed by atoms with E-state index in [-0.39, 0.29) is 10.5 Å². The molecule has 6 heterocycles. The van der Waals surface area contributed by atoms with Crippen LogP contribution in [0.5, 0.6) is 0 Å². The third kappa shape index (κ3) is 4.73. The zero-order valence-corrected chi connectivity index (χ0v) is 21.8. The summed E-state index contributed by atoms with van der Waals surface area (Å²) < 4.78 is 13.7. The number of aliphatic hydroxyl groups is 1. The van der Waals surface area contributed by atoms with E-state index in [1.54, 1.807) is 30.9 Å². The van der Waals surface area contributed by atoms with Gasteiger partial charge in [-0.2, -0.15) is 9.49 Å². The van der Waals surface area contributed by atoms with Crippen molar-refractivity contribution in [1.82, 2.24) is 35.1 Å². The molecule has 4 N–H and O–H groups in total. The second-order valence-electron chi connectivity index (χ2n) is 10.3. The zero-order valence-electron chi connectivity index (χ0n) is 21.0. The Morgan fingerprint density at radius 1 is 1.05 bits per heavy atom. The van der Waals surface area contributed by atoms with Gasteiger partial charge >= 0.3 is 0 Å². The number of fused-ring (bicyclic) bond motifs is 2. The van der Waals surface area contributed by atoms with Gasteiger partial charge in [-0.3, -0.25) is 20.1 Å². The van der Waals surface area contributed by atoms with Crippen molar-refractivity contribution >= 4 is 39.0 Å². The molecule has 0 radical (unpaired) electrons. The molecule has 0 spiro atoms. The number of rotatable bonds is 6. The van der Waals surface area contributed by atoms with E-state index in [0.717, 1.165) is 33.3 Å². The van der Waals surface area contributed by atoms with E-state index in [1.165, 1.54) is 6.07 Å². The minimum Gasteiger partial charge on any atom is -0.374 e. The van der Waals surface area contributed by atoms with Crippen LogP contribution < -0.4 is 5.32 Å². The van der Waals surface area contributed by atoms with E-state index in [1.807, 2.05) is 18.2 Å². The Labute approximate surface area is 221 Å². The minimum atomic E-state index is -0.693.